The van der Waals surface area contributed by atoms with E-state index in [1.807, 2.05) is 0 Å². The summed E-state index contributed by atoms with van der Waals surface area (Å²) in [7, 11) is 0. The first-order valence-electron chi connectivity index (χ1n) is 7.19. The summed E-state index contributed by atoms with van der Waals surface area (Å²) in [4.78, 5) is 25.1. The van der Waals surface area contributed by atoms with E-state index >= 15 is 0 Å². The predicted octanol–water partition coefficient (Wildman–Crippen LogP) is 2.52. The van der Waals surface area contributed by atoms with Gasteiger partial charge in [-0.1, -0.05) is 23.2 Å². The Morgan fingerprint density at radius 3 is 2.86 bits per heavy atom. The molecule has 22 heavy (non-hydrogen) atoms. The Morgan fingerprint density at radius 2 is 2.14 bits per heavy atom. The van der Waals surface area contributed by atoms with Crippen LogP contribution in [0.15, 0.2) is 18.2 Å². The Bertz CT molecular complexity index is 566. The van der Waals surface area contributed by atoms with Gasteiger partial charge in [-0.25, -0.2) is 0 Å². The number of likely N-dealkylation sites (tertiary alicyclic amines) is 1. The molecule has 120 valence electrons. The molecular weight excluding hydrogens is 325 g/mol. The second kappa shape index (κ2) is 7.81. The molecule has 1 heterocycles. The number of anilines is 1. The van der Waals surface area contributed by atoms with Crippen LogP contribution < -0.4 is 11.1 Å². The van der Waals surface area contributed by atoms with Gasteiger partial charge in [-0.2, -0.15) is 0 Å². The number of amides is 2. The average Bonchev–Trinajstić information content (AvgIpc) is 2.87. The van der Waals surface area contributed by atoms with Crippen molar-refractivity contribution in [2.75, 3.05) is 25.0 Å². The van der Waals surface area contributed by atoms with Crippen LogP contribution in [0.25, 0.3) is 0 Å². The van der Waals surface area contributed by atoms with Crippen LogP contribution in [0.5, 0.6) is 0 Å². The summed E-state index contributed by atoms with van der Waals surface area (Å²) >= 11 is 11.9. The fraction of sp³-hybridized carbons (Fsp3) is 0.467. The van der Waals surface area contributed by atoms with Crippen molar-refractivity contribution in [3.8, 4) is 0 Å². The van der Waals surface area contributed by atoms with Gasteiger partial charge >= 0.3 is 0 Å². The van der Waals surface area contributed by atoms with E-state index in [1.165, 1.54) is 0 Å². The van der Waals surface area contributed by atoms with Crippen molar-refractivity contribution in [2.24, 2.45) is 11.7 Å². The summed E-state index contributed by atoms with van der Waals surface area (Å²) in [5, 5.41) is 3.74. The van der Waals surface area contributed by atoms with Gasteiger partial charge in [-0.05, 0) is 37.1 Å². The quantitative estimate of drug-likeness (QED) is 0.833. The molecule has 1 saturated heterocycles. The number of carbonyl (C=O) groups excluding carboxylic acids is 2. The molecule has 2 rings (SSSR count). The number of primary amides is 1. The van der Waals surface area contributed by atoms with Gasteiger partial charge in [0.2, 0.25) is 11.8 Å². The molecule has 0 aliphatic carbocycles. The SMILES string of the molecule is NC(=O)CC1CCN(CCC(=O)Nc2cc(Cl)ccc2Cl)C1. The summed E-state index contributed by atoms with van der Waals surface area (Å²) in [6, 6.07) is 4.94. The Labute approximate surface area is 139 Å². The molecule has 1 unspecified atom stereocenters. The lowest BCUT2D eigenvalue weighted by molar-refractivity contribution is -0.119. The molecular formula is C15H19Cl2N3O2. The van der Waals surface area contributed by atoms with Gasteiger partial charge in [0, 0.05) is 31.0 Å². The van der Waals surface area contributed by atoms with Gasteiger partial charge in [0.25, 0.3) is 0 Å². The summed E-state index contributed by atoms with van der Waals surface area (Å²) in [6.45, 7) is 2.36. The third-order valence-corrected chi connectivity index (χ3v) is 4.28. The third kappa shape index (κ3) is 5.16. The molecule has 0 spiro atoms. The van der Waals surface area contributed by atoms with Crippen LogP contribution in [0.4, 0.5) is 5.69 Å². The van der Waals surface area contributed by atoms with Gasteiger partial charge in [0.15, 0.2) is 0 Å². The van der Waals surface area contributed by atoms with E-state index in [2.05, 4.69) is 10.2 Å². The molecule has 5 nitrogen and oxygen atoms in total. The first-order chi connectivity index (χ1) is 10.4. The second-order valence-electron chi connectivity index (χ2n) is 5.55. The predicted molar refractivity (Wildman–Crippen MR) is 88.1 cm³/mol. The maximum Gasteiger partial charge on any atom is 0.225 e. The van der Waals surface area contributed by atoms with Gasteiger partial charge < -0.3 is 16.0 Å². The van der Waals surface area contributed by atoms with Crippen molar-refractivity contribution < 1.29 is 9.59 Å². The van der Waals surface area contributed by atoms with Crippen molar-refractivity contribution >= 4 is 40.7 Å². The molecule has 1 atom stereocenters. The Kier molecular flexibility index (Phi) is 6.06. The van der Waals surface area contributed by atoms with Gasteiger partial charge in [-0.15, -0.1) is 0 Å². The molecule has 3 N–H and O–H groups in total. The van der Waals surface area contributed by atoms with Crippen molar-refractivity contribution in [2.45, 2.75) is 19.3 Å². The monoisotopic (exact) mass is 343 g/mol. The highest BCUT2D eigenvalue weighted by molar-refractivity contribution is 6.35. The highest BCUT2D eigenvalue weighted by Gasteiger charge is 2.23. The Morgan fingerprint density at radius 1 is 1.36 bits per heavy atom. The van der Waals surface area contributed by atoms with E-state index in [9.17, 15) is 9.59 Å². The fourth-order valence-corrected chi connectivity index (χ4v) is 2.97. The number of rotatable bonds is 6. The van der Waals surface area contributed by atoms with Crippen LogP contribution in [0.2, 0.25) is 10.0 Å². The van der Waals surface area contributed by atoms with E-state index in [1.54, 1.807) is 18.2 Å². The maximum atomic E-state index is 12.0. The van der Waals surface area contributed by atoms with E-state index < -0.39 is 0 Å². The van der Waals surface area contributed by atoms with Crippen molar-refractivity contribution in [1.29, 1.82) is 0 Å². The lowest BCUT2D eigenvalue weighted by Crippen LogP contribution is -2.27. The largest absolute Gasteiger partial charge is 0.370 e. The second-order valence-corrected chi connectivity index (χ2v) is 6.39. The molecule has 0 radical (unpaired) electrons. The summed E-state index contributed by atoms with van der Waals surface area (Å²) in [6.07, 6.45) is 1.73. The molecule has 0 aromatic heterocycles. The van der Waals surface area contributed by atoms with Crippen LogP contribution >= 0.6 is 23.2 Å². The molecule has 1 aromatic rings. The minimum Gasteiger partial charge on any atom is -0.370 e. The van der Waals surface area contributed by atoms with E-state index in [0.717, 1.165) is 19.5 Å². The highest BCUT2D eigenvalue weighted by Crippen LogP contribution is 2.25. The van der Waals surface area contributed by atoms with E-state index in [4.69, 9.17) is 28.9 Å². The number of nitrogens with zero attached hydrogens (tertiary/aromatic N) is 1. The molecule has 1 aliphatic rings. The van der Waals surface area contributed by atoms with Gasteiger partial charge in [0.1, 0.15) is 0 Å². The molecule has 7 heteroatoms. The zero-order chi connectivity index (χ0) is 16.1. The normalized spacial score (nSPS) is 18.4. The van der Waals surface area contributed by atoms with Crippen LogP contribution in [-0.4, -0.2) is 36.3 Å². The summed E-state index contributed by atoms with van der Waals surface area (Å²) in [5.41, 5.74) is 5.73. The Hall–Kier alpha value is -1.30. The molecule has 1 aliphatic heterocycles. The average molecular weight is 344 g/mol. The van der Waals surface area contributed by atoms with Crippen LogP contribution in [0, 0.1) is 5.92 Å². The lowest BCUT2D eigenvalue weighted by Gasteiger charge is -2.15. The number of nitrogens with one attached hydrogen (secondary N) is 1. The van der Waals surface area contributed by atoms with E-state index in [0.29, 0.717) is 41.0 Å². The number of hydrogen-bond donors (Lipinski definition) is 2. The molecule has 0 saturated carbocycles. The van der Waals surface area contributed by atoms with Crippen LogP contribution in [0.1, 0.15) is 19.3 Å². The van der Waals surface area contributed by atoms with Gasteiger partial charge in [-0.3, -0.25) is 9.59 Å². The first-order valence-corrected chi connectivity index (χ1v) is 7.95. The first kappa shape index (κ1) is 17.1. The van der Waals surface area contributed by atoms with Crippen molar-refractivity contribution in [1.82, 2.24) is 4.90 Å². The zero-order valence-electron chi connectivity index (χ0n) is 12.1. The Balaban J connectivity index is 1.76. The number of nitrogens with two attached hydrogens (primary N) is 1. The molecule has 0 bridgehead atoms. The molecule has 2 amide bonds. The third-order valence-electron chi connectivity index (χ3n) is 3.72. The van der Waals surface area contributed by atoms with Crippen LogP contribution in [-0.2, 0) is 9.59 Å². The molecule has 1 aromatic carbocycles. The lowest BCUT2D eigenvalue weighted by atomic mass is 10.1. The minimum absolute atomic E-state index is 0.109. The number of carbonyl (C=O) groups is 2. The summed E-state index contributed by atoms with van der Waals surface area (Å²) in [5.74, 6) is -0.0642. The van der Waals surface area contributed by atoms with E-state index in [-0.39, 0.29) is 11.8 Å². The zero-order valence-corrected chi connectivity index (χ0v) is 13.7. The summed E-state index contributed by atoms with van der Waals surface area (Å²) < 4.78 is 0. The fourth-order valence-electron chi connectivity index (χ4n) is 2.63. The maximum absolute atomic E-state index is 12.0. The molecule has 1 fully saturated rings. The standard InChI is InChI=1S/C15H19Cl2N3O2/c16-11-1-2-12(17)13(8-11)19-15(22)4-6-20-5-3-10(9-20)7-14(18)21/h1-2,8,10H,3-7,9H2,(H2,18,21)(H,19,22). The highest BCUT2D eigenvalue weighted by atomic mass is 35.5. The number of hydrogen-bond acceptors (Lipinski definition) is 3. The number of benzene rings is 1. The van der Waals surface area contributed by atoms with Crippen LogP contribution in [0.3, 0.4) is 0 Å². The number of halogens is 2. The smallest absolute Gasteiger partial charge is 0.225 e. The topological polar surface area (TPSA) is 75.4 Å². The van der Waals surface area contributed by atoms with Crippen molar-refractivity contribution in [3.05, 3.63) is 28.2 Å². The van der Waals surface area contributed by atoms with Gasteiger partial charge in [0.05, 0.1) is 10.7 Å². The van der Waals surface area contributed by atoms with Crippen molar-refractivity contribution in [3.63, 3.8) is 0 Å². The minimum atomic E-state index is -0.264.